The van der Waals surface area contributed by atoms with Gasteiger partial charge in [0.15, 0.2) is 17.5 Å². The first-order chi connectivity index (χ1) is 27.2. The van der Waals surface area contributed by atoms with Gasteiger partial charge in [-0.05, 0) is 86.6 Å². The summed E-state index contributed by atoms with van der Waals surface area (Å²) in [5.41, 5.74) is 11.4. The molecule has 5 nitrogen and oxygen atoms in total. The average molecular weight is 703 g/mol. The van der Waals surface area contributed by atoms with E-state index in [2.05, 4.69) is 109 Å². The van der Waals surface area contributed by atoms with Crippen LogP contribution in [-0.2, 0) is 0 Å². The van der Waals surface area contributed by atoms with E-state index in [-0.39, 0.29) is 0 Å². The van der Waals surface area contributed by atoms with Crippen molar-refractivity contribution in [2.45, 2.75) is 0 Å². The summed E-state index contributed by atoms with van der Waals surface area (Å²) in [4.78, 5) is 15.1. The van der Waals surface area contributed by atoms with Gasteiger partial charge in [0.2, 0.25) is 0 Å². The van der Waals surface area contributed by atoms with Crippen molar-refractivity contribution in [3.8, 4) is 73.6 Å². The molecular formula is C50H30N4O. The number of rotatable bonds is 6. The van der Waals surface area contributed by atoms with Crippen molar-refractivity contribution in [1.29, 1.82) is 5.26 Å². The highest BCUT2D eigenvalue weighted by molar-refractivity contribution is 6.13. The zero-order chi connectivity index (χ0) is 36.7. The lowest BCUT2D eigenvalue weighted by molar-refractivity contribution is 0.669. The Balaban J connectivity index is 1.09. The highest BCUT2D eigenvalue weighted by Gasteiger charge is 2.17. The molecule has 0 amide bonds. The van der Waals surface area contributed by atoms with Crippen LogP contribution in [0.1, 0.15) is 5.56 Å². The van der Waals surface area contributed by atoms with Gasteiger partial charge in [-0.1, -0.05) is 140 Å². The number of aromatic nitrogens is 3. The minimum atomic E-state index is 0.553. The molecule has 5 heteroatoms. The van der Waals surface area contributed by atoms with E-state index < -0.39 is 0 Å². The first-order valence-electron chi connectivity index (χ1n) is 18.1. The first kappa shape index (κ1) is 32.0. The standard InChI is InChI=1S/C50H30N4O/c51-31-32-9-6-14-37(27-32)35-19-22-36(23-20-35)48-52-49(41-24-21-34-12-4-5-13-38(34)29-41)54-50(53-48)42-25-26-44-46(30-42)55-45-18-8-17-43(47(44)45)40-16-7-15-39(28-40)33-10-2-1-3-11-33/h1-30H. The van der Waals surface area contributed by atoms with E-state index in [0.717, 1.165) is 71.7 Å². The number of nitrogens with zero attached hydrogens (tertiary/aromatic N) is 4. The van der Waals surface area contributed by atoms with Crippen LogP contribution < -0.4 is 0 Å². The summed E-state index contributed by atoms with van der Waals surface area (Å²) in [5.74, 6) is 1.70. The molecule has 0 aliphatic rings. The number of furan rings is 1. The second-order valence-corrected chi connectivity index (χ2v) is 13.6. The van der Waals surface area contributed by atoms with Gasteiger partial charge in [0, 0.05) is 27.5 Å². The van der Waals surface area contributed by atoms with Crippen molar-refractivity contribution in [1.82, 2.24) is 15.0 Å². The largest absolute Gasteiger partial charge is 0.456 e. The lowest BCUT2D eigenvalue weighted by Crippen LogP contribution is -2.00. The smallest absolute Gasteiger partial charge is 0.164 e. The molecule has 8 aromatic carbocycles. The molecule has 0 bridgehead atoms. The molecule has 0 saturated heterocycles. The second-order valence-electron chi connectivity index (χ2n) is 13.6. The van der Waals surface area contributed by atoms with E-state index >= 15 is 0 Å². The van der Waals surface area contributed by atoms with Crippen molar-refractivity contribution in [3.63, 3.8) is 0 Å². The molecule has 10 aromatic rings. The van der Waals surface area contributed by atoms with Gasteiger partial charge < -0.3 is 4.42 Å². The highest BCUT2D eigenvalue weighted by atomic mass is 16.3. The van der Waals surface area contributed by atoms with E-state index in [9.17, 15) is 5.26 Å². The number of hydrogen-bond acceptors (Lipinski definition) is 5. The molecular weight excluding hydrogens is 673 g/mol. The maximum absolute atomic E-state index is 9.42. The Morgan fingerprint density at radius 1 is 0.382 bits per heavy atom. The Bertz CT molecular complexity index is 3100. The molecule has 0 fully saturated rings. The van der Waals surface area contributed by atoms with Gasteiger partial charge in [0.05, 0.1) is 11.6 Å². The van der Waals surface area contributed by atoms with E-state index in [1.165, 1.54) is 11.1 Å². The van der Waals surface area contributed by atoms with Gasteiger partial charge in [-0.3, -0.25) is 0 Å². The fourth-order valence-corrected chi connectivity index (χ4v) is 7.37. The Kier molecular flexibility index (Phi) is 7.79. The lowest BCUT2D eigenvalue weighted by Gasteiger charge is -2.10. The van der Waals surface area contributed by atoms with Crippen molar-refractivity contribution in [2.24, 2.45) is 0 Å². The fraction of sp³-hybridized carbons (Fsp3) is 0. The lowest BCUT2D eigenvalue weighted by atomic mass is 9.96. The van der Waals surface area contributed by atoms with Gasteiger partial charge in [-0.2, -0.15) is 5.26 Å². The molecule has 0 atom stereocenters. The molecule has 0 radical (unpaired) electrons. The number of fused-ring (bicyclic) bond motifs is 4. The molecule has 0 saturated carbocycles. The van der Waals surface area contributed by atoms with E-state index in [1.54, 1.807) is 0 Å². The zero-order valence-corrected chi connectivity index (χ0v) is 29.5. The van der Waals surface area contributed by atoms with Crippen molar-refractivity contribution in [2.75, 3.05) is 0 Å². The summed E-state index contributed by atoms with van der Waals surface area (Å²) in [6.45, 7) is 0. The Hall–Kier alpha value is -7.68. The van der Waals surface area contributed by atoms with Gasteiger partial charge >= 0.3 is 0 Å². The van der Waals surface area contributed by atoms with E-state index in [1.807, 2.05) is 78.9 Å². The molecule has 2 heterocycles. The molecule has 55 heavy (non-hydrogen) atoms. The molecule has 0 aliphatic carbocycles. The molecule has 2 aromatic heterocycles. The van der Waals surface area contributed by atoms with Gasteiger partial charge in [0.1, 0.15) is 11.2 Å². The highest BCUT2D eigenvalue weighted by Crippen LogP contribution is 2.39. The fourth-order valence-electron chi connectivity index (χ4n) is 7.37. The normalized spacial score (nSPS) is 11.3. The summed E-state index contributed by atoms with van der Waals surface area (Å²) < 4.78 is 6.55. The summed E-state index contributed by atoms with van der Waals surface area (Å²) in [6, 6.07) is 64.1. The maximum atomic E-state index is 9.42. The van der Waals surface area contributed by atoms with Gasteiger partial charge in [-0.25, -0.2) is 15.0 Å². The van der Waals surface area contributed by atoms with Crippen LogP contribution in [0.25, 0.3) is 100 Å². The monoisotopic (exact) mass is 702 g/mol. The Morgan fingerprint density at radius 2 is 0.964 bits per heavy atom. The molecule has 0 N–H and O–H groups in total. The summed E-state index contributed by atoms with van der Waals surface area (Å²) >= 11 is 0. The minimum absolute atomic E-state index is 0.553. The third-order valence-electron chi connectivity index (χ3n) is 10.1. The predicted molar refractivity (Wildman–Crippen MR) is 222 cm³/mol. The number of hydrogen-bond donors (Lipinski definition) is 0. The third-order valence-corrected chi connectivity index (χ3v) is 10.1. The van der Waals surface area contributed by atoms with Gasteiger partial charge in [-0.15, -0.1) is 0 Å². The molecule has 256 valence electrons. The summed E-state index contributed by atoms with van der Waals surface area (Å²) in [6.07, 6.45) is 0. The Morgan fingerprint density at radius 3 is 1.76 bits per heavy atom. The van der Waals surface area contributed by atoms with Crippen LogP contribution in [0.5, 0.6) is 0 Å². The molecule has 0 aliphatic heterocycles. The van der Waals surface area contributed by atoms with Crippen molar-refractivity contribution < 1.29 is 4.42 Å². The van der Waals surface area contributed by atoms with Crippen LogP contribution in [0.4, 0.5) is 0 Å². The summed E-state index contributed by atoms with van der Waals surface area (Å²) in [7, 11) is 0. The van der Waals surface area contributed by atoms with Crippen LogP contribution in [-0.4, -0.2) is 15.0 Å². The van der Waals surface area contributed by atoms with Crippen LogP contribution in [0, 0.1) is 11.3 Å². The van der Waals surface area contributed by atoms with Crippen molar-refractivity contribution >= 4 is 32.7 Å². The molecule has 10 rings (SSSR count). The average Bonchev–Trinajstić information content (AvgIpc) is 3.65. The van der Waals surface area contributed by atoms with E-state index in [0.29, 0.717) is 23.0 Å². The van der Waals surface area contributed by atoms with E-state index in [4.69, 9.17) is 19.4 Å². The van der Waals surface area contributed by atoms with Crippen LogP contribution in [0.2, 0.25) is 0 Å². The maximum Gasteiger partial charge on any atom is 0.164 e. The topological polar surface area (TPSA) is 75.6 Å². The Labute approximate surface area is 317 Å². The second kappa shape index (κ2) is 13.4. The number of benzene rings is 8. The molecule has 0 unspecified atom stereocenters. The van der Waals surface area contributed by atoms with Crippen molar-refractivity contribution in [3.05, 3.63) is 188 Å². The SMILES string of the molecule is N#Cc1cccc(-c2ccc(-c3nc(-c4ccc5ccccc5c4)nc(-c4ccc5c(c4)oc4cccc(-c6cccc(-c7ccccc7)c6)c45)n3)cc2)c1. The first-order valence-corrected chi connectivity index (χ1v) is 18.1. The van der Waals surface area contributed by atoms with Gasteiger partial charge in [0.25, 0.3) is 0 Å². The van der Waals surface area contributed by atoms with Crippen LogP contribution in [0.15, 0.2) is 186 Å². The zero-order valence-electron chi connectivity index (χ0n) is 29.5. The minimum Gasteiger partial charge on any atom is -0.456 e. The third kappa shape index (κ3) is 5.98. The predicted octanol–water partition coefficient (Wildman–Crippen LogP) is 12.8. The van der Waals surface area contributed by atoms with Crippen LogP contribution >= 0.6 is 0 Å². The quantitative estimate of drug-likeness (QED) is 0.172. The van der Waals surface area contributed by atoms with Crippen LogP contribution in [0.3, 0.4) is 0 Å². The number of nitriles is 1. The molecule has 0 spiro atoms. The summed E-state index contributed by atoms with van der Waals surface area (Å²) in [5, 5.41) is 13.8.